The maximum absolute atomic E-state index is 14.2. The molecule has 3 heterocycles. The summed E-state index contributed by atoms with van der Waals surface area (Å²) in [5, 5.41) is 13.8. The predicted molar refractivity (Wildman–Crippen MR) is 108 cm³/mol. The SMILES string of the molecule is CN1CCN(c2cc(F)cc(CNC(=O)c3cn[nH]c3-c3cnn(C)c3)c2)CC1. The van der Waals surface area contributed by atoms with Crippen LogP contribution in [0, 0.1) is 5.82 Å². The molecule has 1 saturated heterocycles. The first-order valence-electron chi connectivity index (χ1n) is 9.53. The Morgan fingerprint density at radius 3 is 2.69 bits per heavy atom. The van der Waals surface area contributed by atoms with Gasteiger partial charge < -0.3 is 15.1 Å². The van der Waals surface area contributed by atoms with E-state index in [1.165, 1.54) is 12.3 Å². The van der Waals surface area contributed by atoms with Gasteiger partial charge in [0.05, 0.1) is 23.7 Å². The van der Waals surface area contributed by atoms with Gasteiger partial charge in [0.1, 0.15) is 5.82 Å². The van der Waals surface area contributed by atoms with Crippen LogP contribution in [-0.2, 0) is 13.6 Å². The number of hydrogen-bond acceptors (Lipinski definition) is 5. The van der Waals surface area contributed by atoms with Crippen molar-refractivity contribution in [3.05, 3.63) is 53.7 Å². The second kappa shape index (κ2) is 8.04. The number of piperazine rings is 1. The molecule has 4 rings (SSSR count). The molecule has 1 aliphatic rings. The Bertz CT molecular complexity index is 1000. The molecule has 1 aliphatic heterocycles. The number of likely N-dealkylation sites (N-methyl/N-ethyl adjacent to an activating group) is 1. The number of carbonyl (C=O) groups excluding carboxylic acids is 1. The van der Waals surface area contributed by atoms with Crippen LogP contribution in [-0.4, -0.2) is 64.0 Å². The normalized spacial score (nSPS) is 14.9. The maximum Gasteiger partial charge on any atom is 0.255 e. The number of rotatable bonds is 5. The molecule has 152 valence electrons. The molecular weight excluding hydrogens is 373 g/mol. The van der Waals surface area contributed by atoms with Crippen LogP contribution in [0.5, 0.6) is 0 Å². The average molecular weight is 397 g/mol. The molecule has 0 bridgehead atoms. The molecular formula is C20H24FN7O. The fraction of sp³-hybridized carbons (Fsp3) is 0.350. The van der Waals surface area contributed by atoms with Gasteiger partial charge in [0, 0.05) is 57.2 Å². The molecule has 1 fully saturated rings. The highest BCUT2D eigenvalue weighted by Crippen LogP contribution is 2.22. The van der Waals surface area contributed by atoms with Crippen molar-refractivity contribution < 1.29 is 9.18 Å². The lowest BCUT2D eigenvalue weighted by Crippen LogP contribution is -2.44. The Labute approximate surface area is 168 Å². The van der Waals surface area contributed by atoms with E-state index >= 15 is 0 Å². The Morgan fingerprint density at radius 2 is 1.97 bits per heavy atom. The second-order valence-corrected chi connectivity index (χ2v) is 7.35. The third kappa shape index (κ3) is 4.29. The maximum atomic E-state index is 14.2. The van der Waals surface area contributed by atoms with Gasteiger partial charge >= 0.3 is 0 Å². The van der Waals surface area contributed by atoms with E-state index in [-0.39, 0.29) is 18.3 Å². The number of aryl methyl sites for hydroxylation is 1. The van der Waals surface area contributed by atoms with Crippen LogP contribution < -0.4 is 10.2 Å². The quantitative estimate of drug-likeness (QED) is 0.684. The number of halogens is 1. The number of anilines is 1. The van der Waals surface area contributed by atoms with Gasteiger partial charge in [0.25, 0.3) is 5.91 Å². The molecule has 1 aromatic carbocycles. The van der Waals surface area contributed by atoms with E-state index in [2.05, 4.69) is 37.5 Å². The monoisotopic (exact) mass is 397 g/mol. The summed E-state index contributed by atoms with van der Waals surface area (Å²) in [4.78, 5) is 17.1. The van der Waals surface area contributed by atoms with Gasteiger partial charge in [-0.1, -0.05) is 0 Å². The highest BCUT2D eigenvalue weighted by Gasteiger charge is 2.18. The second-order valence-electron chi connectivity index (χ2n) is 7.35. The number of benzene rings is 1. The van der Waals surface area contributed by atoms with Crippen molar-refractivity contribution in [3.63, 3.8) is 0 Å². The third-order valence-corrected chi connectivity index (χ3v) is 5.14. The predicted octanol–water partition coefficient (Wildman–Crippen LogP) is 1.63. The number of aromatic nitrogens is 4. The van der Waals surface area contributed by atoms with E-state index in [0.717, 1.165) is 43.0 Å². The van der Waals surface area contributed by atoms with E-state index in [4.69, 9.17) is 0 Å². The summed E-state index contributed by atoms with van der Waals surface area (Å²) in [5.74, 6) is -0.576. The molecule has 29 heavy (non-hydrogen) atoms. The van der Waals surface area contributed by atoms with Crippen molar-refractivity contribution >= 4 is 11.6 Å². The first kappa shape index (κ1) is 19.1. The Morgan fingerprint density at radius 1 is 1.17 bits per heavy atom. The number of hydrogen-bond donors (Lipinski definition) is 2. The molecule has 8 nitrogen and oxygen atoms in total. The fourth-order valence-corrected chi connectivity index (χ4v) is 3.49. The van der Waals surface area contributed by atoms with E-state index in [0.29, 0.717) is 11.3 Å². The standard InChI is InChI=1S/C20H24FN7O/c1-26-3-5-28(6-4-26)17-8-14(7-16(21)9-17)10-22-20(29)18-12-23-25-19(18)15-11-24-27(2)13-15/h7-9,11-13H,3-6,10H2,1-2H3,(H,22,29)(H,23,25). The first-order valence-corrected chi connectivity index (χ1v) is 9.53. The summed E-state index contributed by atoms with van der Waals surface area (Å²) < 4.78 is 15.8. The Kier molecular flexibility index (Phi) is 5.30. The number of aromatic amines is 1. The summed E-state index contributed by atoms with van der Waals surface area (Å²) >= 11 is 0. The summed E-state index contributed by atoms with van der Waals surface area (Å²) in [7, 11) is 3.89. The van der Waals surface area contributed by atoms with Crippen molar-refractivity contribution in [1.82, 2.24) is 30.2 Å². The largest absolute Gasteiger partial charge is 0.369 e. The number of H-pyrrole nitrogens is 1. The lowest BCUT2D eigenvalue weighted by molar-refractivity contribution is 0.0951. The van der Waals surface area contributed by atoms with Gasteiger partial charge in [-0.15, -0.1) is 0 Å². The highest BCUT2D eigenvalue weighted by molar-refractivity contribution is 5.99. The lowest BCUT2D eigenvalue weighted by Gasteiger charge is -2.34. The number of carbonyl (C=O) groups is 1. The molecule has 2 aromatic heterocycles. The van der Waals surface area contributed by atoms with Crippen molar-refractivity contribution in [3.8, 4) is 11.3 Å². The molecule has 0 aliphatic carbocycles. The van der Waals surface area contributed by atoms with Gasteiger partial charge in [-0.25, -0.2) is 4.39 Å². The minimum Gasteiger partial charge on any atom is -0.369 e. The topological polar surface area (TPSA) is 82.1 Å². The Hall–Kier alpha value is -3.20. The molecule has 0 spiro atoms. The molecule has 2 N–H and O–H groups in total. The third-order valence-electron chi connectivity index (χ3n) is 5.14. The van der Waals surface area contributed by atoms with E-state index in [9.17, 15) is 9.18 Å². The van der Waals surface area contributed by atoms with Crippen molar-refractivity contribution in [1.29, 1.82) is 0 Å². The van der Waals surface area contributed by atoms with E-state index < -0.39 is 0 Å². The lowest BCUT2D eigenvalue weighted by atomic mass is 10.1. The van der Waals surface area contributed by atoms with Gasteiger partial charge in [-0.3, -0.25) is 14.6 Å². The van der Waals surface area contributed by atoms with Crippen molar-refractivity contribution in [2.24, 2.45) is 7.05 Å². The van der Waals surface area contributed by atoms with Crippen LogP contribution in [0.2, 0.25) is 0 Å². The molecule has 0 saturated carbocycles. The van der Waals surface area contributed by atoms with Gasteiger partial charge in [0.2, 0.25) is 0 Å². The summed E-state index contributed by atoms with van der Waals surface area (Å²) in [6, 6.07) is 4.94. The average Bonchev–Trinajstić information content (AvgIpc) is 3.35. The molecule has 3 aromatic rings. The summed E-state index contributed by atoms with van der Waals surface area (Å²) in [6.45, 7) is 3.83. The number of nitrogens with zero attached hydrogens (tertiary/aromatic N) is 5. The van der Waals surface area contributed by atoms with Gasteiger partial charge in [0.15, 0.2) is 0 Å². The molecule has 0 unspecified atom stereocenters. The fourth-order valence-electron chi connectivity index (χ4n) is 3.49. The van der Waals surface area contributed by atoms with Crippen LogP contribution >= 0.6 is 0 Å². The van der Waals surface area contributed by atoms with E-state index in [1.54, 1.807) is 23.1 Å². The van der Waals surface area contributed by atoms with Crippen LogP contribution in [0.4, 0.5) is 10.1 Å². The molecule has 9 heteroatoms. The number of nitrogens with one attached hydrogen (secondary N) is 2. The number of amides is 1. The highest BCUT2D eigenvalue weighted by atomic mass is 19.1. The van der Waals surface area contributed by atoms with Gasteiger partial charge in [-0.2, -0.15) is 10.2 Å². The summed E-state index contributed by atoms with van der Waals surface area (Å²) in [6.07, 6.45) is 4.96. The van der Waals surface area contributed by atoms with Gasteiger partial charge in [-0.05, 0) is 30.8 Å². The zero-order valence-electron chi connectivity index (χ0n) is 16.5. The minimum absolute atomic E-state index is 0.231. The molecule has 0 radical (unpaired) electrons. The van der Waals surface area contributed by atoms with Crippen molar-refractivity contribution in [2.45, 2.75) is 6.54 Å². The first-order chi connectivity index (χ1) is 14.0. The molecule has 1 amide bonds. The van der Waals surface area contributed by atoms with E-state index in [1.807, 2.05) is 13.1 Å². The Balaban J connectivity index is 1.46. The van der Waals surface area contributed by atoms with Crippen LogP contribution in [0.3, 0.4) is 0 Å². The van der Waals surface area contributed by atoms with Crippen LogP contribution in [0.25, 0.3) is 11.3 Å². The summed E-state index contributed by atoms with van der Waals surface area (Å²) in [5.41, 5.74) is 3.38. The zero-order valence-corrected chi connectivity index (χ0v) is 16.5. The van der Waals surface area contributed by atoms with Crippen LogP contribution in [0.1, 0.15) is 15.9 Å². The minimum atomic E-state index is -0.301. The smallest absolute Gasteiger partial charge is 0.255 e. The van der Waals surface area contributed by atoms with Crippen molar-refractivity contribution in [2.75, 3.05) is 38.1 Å². The van der Waals surface area contributed by atoms with Crippen LogP contribution in [0.15, 0.2) is 36.8 Å². The molecule has 0 atom stereocenters. The zero-order chi connectivity index (χ0) is 20.4.